The Labute approximate surface area is 129 Å². The molecule has 0 unspecified atom stereocenters. The lowest BCUT2D eigenvalue weighted by Gasteiger charge is -2.02. The van der Waals surface area contributed by atoms with Crippen LogP contribution in [-0.4, -0.2) is 10.8 Å². The van der Waals surface area contributed by atoms with Crippen LogP contribution in [0.4, 0.5) is 14.5 Å². The number of hydrogen-bond acceptors (Lipinski definition) is 4. The summed E-state index contributed by atoms with van der Waals surface area (Å²) in [6.45, 7) is 3.73. The van der Waals surface area contributed by atoms with Gasteiger partial charge in [0.05, 0.1) is 11.3 Å². The molecular formula is C16H12F2N2OS. The molecule has 0 saturated carbocycles. The summed E-state index contributed by atoms with van der Waals surface area (Å²) >= 11 is 1.12. The number of aromatic nitrogens is 1. The molecule has 0 bridgehead atoms. The summed E-state index contributed by atoms with van der Waals surface area (Å²) in [5, 5.41) is 0.710. The molecule has 0 saturated heterocycles. The average molecular weight is 318 g/mol. The normalized spacial score (nSPS) is 11.1. The van der Waals surface area contributed by atoms with Crippen molar-refractivity contribution in [3.8, 4) is 0 Å². The zero-order chi connectivity index (χ0) is 16.0. The minimum atomic E-state index is -0.900. The zero-order valence-corrected chi connectivity index (χ0v) is 12.7. The number of thiophene rings is 1. The number of halogens is 2. The van der Waals surface area contributed by atoms with Gasteiger partial charge in [-0.25, -0.2) is 13.8 Å². The number of nitrogens with zero attached hydrogens (tertiary/aromatic N) is 1. The van der Waals surface area contributed by atoms with Gasteiger partial charge >= 0.3 is 0 Å². The maximum absolute atomic E-state index is 13.8. The van der Waals surface area contributed by atoms with Crippen LogP contribution in [0.2, 0.25) is 0 Å². The third-order valence-corrected chi connectivity index (χ3v) is 4.50. The Kier molecular flexibility index (Phi) is 3.41. The highest BCUT2D eigenvalue weighted by Gasteiger charge is 2.22. The molecule has 0 fully saturated rings. The highest BCUT2D eigenvalue weighted by molar-refractivity contribution is 7.21. The first-order valence-corrected chi connectivity index (χ1v) is 7.36. The molecule has 0 aliphatic carbocycles. The number of pyridine rings is 1. The first kappa shape index (κ1) is 14.6. The Hall–Kier alpha value is -2.34. The van der Waals surface area contributed by atoms with E-state index in [2.05, 4.69) is 4.98 Å². The van der Waals surface area contributed by atoms with E-state index in [-0.39, 0.29) is 10.4 Å². The van der Waals surface area contributed by atoms with Crippen LogP contribution in [-0.2, 0) is 0 Å². The number of carbonyl (C=O) groups excluding carboxylic acids is 1. The Balaban J connectivity index is 2.20. The Bertz CT molecular complexity index is 918. The second-order valence-electron chi connectivity index (χ2n) is 5.06. The van der Waals surface area contributed by atoms with Gasteiger partial charge < -0.3 is 5.73 Å². The standard InChI is InChI=1S/C16H12F2N2OS/c1-7-5-8(2)20-16-12(7)13(19)15(22-16)14(21)10-4-3-9(17)6-11(10)18/h3-6H,19H2,1-2H3. The number of ketones is 1. The van der Waals surface area contributed by atoms with Crippen molar-refractivity contribution in [1.82, 2.24) is 4.98 Å². The number of carbonyl (C=O) groups is 1. The van der Waals surface area contributed by atoms with E-state index in [1.165, 1.54) is 0 Å². The van der Waals surface area contributed by atoms with E-state index >= 15 is 0 Å². The van der Waals surface area contributed by atoms with E-state index in [1.807, 2.05) is 19.9 Å². The monoisotopic (exact) mass is 318 g/mol. The summed E-state index contributed by atoms with van der Waals surface area (Å²) in [5.74, 6) is -2.19. The van der Waals surface area contributed by atoms with Crippen LogP contribution in [0.15, 0.2) is 24.3 Å². The fourth-order valence-corrected chi connectivity index (χ4v) is 3.60. The van der Waals surface area contributed by atoms with Crippen molar-refractivity contribution in [2.24, 2.45) is 0 Å². The van der Waals surface area contributed by atoms with E-state index in [0.717, 1.165) is 34.7 Å². The van der Waals surface area contributed by atoms with Crippen LogP contribution in [0.25, 0.3) is 10.2 Å². The predicted octanol–water partition coefficient (Wildman–Crippen LogP) is 4.00. The second-order valence-corrected chi connectivity index (χ2v) is 6.06. The molecule has 3 nitrogen and oxygen atoms in total. The van der Waals surface area contributed by atoms with Crippen LogP contribution in [0, 0.1) is 25.5 Å². The summed E-state index contributed by atoms with van der Waals surface area (Å²) in [6, 6.07) is 4.73. The minimum absolute atomic E-state index is 0.200. The van der Waals surface area contributed by atoms with E-state index in [4.69, 9.17) is 5.73 Å². The van der Waals surface area contributed by atoms with Crippen LogP contribution in [0.5, 0.6) is 0 Å². The molecule has 112 valence electrons. The molecule has 0 atom stereocenters. The highest BCUT2D eigenvalue weighted by Crippen LogP contribution is 2.36. The second kappa shape index (κ2) is 5.14. The van der Waals surface area contributed by atoms with E-state index in [1.54, 1.807) is 0 Å². The average Bonchev–Trinajstić information content (AvgIpc) is 2.75. The number of nitrogens with two attached hydrogens (primary N) is 1. The van der Waals surface area contributed by atoms with Gasteiger partial charge in [0.25, 0.3) is 0 Å². The quantitative estimate of drug-likeness (QED) is 0.727. The number of rotatable bonds is 2. The van der Waals surface area contributed by atoms with Gasteiger partial charge in [-0.3, -0.25) is 4.79 Å². The molecule has 22 heavy (non-hydrogen) atoms. The van der Waals surface area contributed by atoms with Crippen molar-refractivity contribution in [2.75, 3.05) is 5.73 Å². The van der Waals surface area contributed by atoms with Crippen LogP contribution in [0.3, 0.4) is 0 Å². The maximum atomic E-state index is 13.8. The van der Waals surface area contributed by atoms with Crippen molar-refractivity contribution in [1.29, 1.82) is 0 Å². The lowest BCUT2D eigenvalue weighted by molar-refractivity contribution is 0.103. The Morgan fingerprint density at radius 3 is 2.64 bits per heavy atom. The summed E-state index contributed by atoms with van der Waals surface area (Å²) in [7, 11) is 0. The van der Waals surface area contributed by atoms with Crippen molar-refractivity contribution < 1.29 is 13.6 Å². The predicted molar refractivity (Wildman–Crippen MR) is 83.3 cm³/mol. The van der Waals surface area contributed by atoms with Gasteiger partial charge in [-0.15, -0.1) is 11.3 Å². The number of anilines is 1. The lowest BCUT2D eigenvalue weighted by Crippen LogP contribution is -2.05. The van der Waals surface area contributed by atoms with Crippen molar-refractivity contribution in [2.45, 2.75) is 13.8 Å². The van der Waals surface area contributed by atoms with E-state index in [0.29, 0.717) is 22.0 Å². The molecular weight excluding hydrogens is 306 g/mol. The maximum Gasteiger partial charge on any atom is 0.208 e. The molecule has 2 N–H and O–H groups in total. The first-order chi connectivity index (χ1) is 10.4. The number of hydrogen-bond donors (Lipinski definition) is 1. The third-order valence-electron chi connectivity index (χ3n) is 3.41. The molecule has 1 aromatic carbocycles. The van der Waals surface area contributed by atoms with Gasteiger partial charge in [0.15, 0.2) is 0 Å². The molecule has 0 amide bonds. The molecule has 0 spiro atoms. The number of fused-ring (bicyclic) bond motifs is 1. The van der Waals surface area contributed by atoms with Crippen molar-refractivity contribution in [3.05, 3.63) is 57.6 Å². The molecule has 2 heterocycles. The van der Waals surface area contributed by atoms with Gasteiger partial charge in [0.2, 0.25) is 5.78 Å². The smallest absolute Gasteiger partial charge is 0.208 e. The largest absolute Gasteiger partial charge is 0.397 e. The van der Waals surface area contributed by atoms with Gasteiger partial charge in [-0.1, -0.05) is 0 Å². The SMILES string of the molecule is Cc1cc(C)c2c(N)c(C(=O)c3ccc(F)cc3F)sc2n1. The van der Waals surface area contributed by atoms with Gasteiger partial charge in [-0.05, 0) is 37.6 Å². The minimum Gasteiger partial charge on any atom is -0.397 e. The lowest BCUT2D eigenvalue weighted by atomic mass is 10.1. The molecule has 0 aliphatic heterocycles. The van der Waals surface area contributed by atoms with Gasteiger partial charge in [-0.2, -0.15) is 0 Å². The van der Waals surface area contributed by atoms with Crippen LogP contribution in [0.1, 0.15) is 26.5 Å². The third kappa shape index (κ3) is 2.25. The molecule has 3 aromatic rings. The highest BCUT2D eigenvalue weighted by atomic mass is 32.1. The number of aryl methyl sites for hydroxylation is 2. The Morgan fingerprint density at radius 1 is 1.23 bits per heavy atom. The number of benzene rings is 1. The van der Waals surface area contributed by atoms with Crippen molar-refractivity contribution in [3.63, 3.8) is 0 Å². The fraction of sp³-hybridized carbons (Fsp3) is 0.125. The van der Waals surface area contributed by atoms with E-state index in [9.17, 15) is 13.6 Å². The Morgan fingerprint density at radius 2 is 1.95 bits per heavy atom. The molecule has 6 heteroatoms. The fourth-order valence-electron chi connectivity index (χ4n) is 2.43. The van der Waals surface area contributed by atoms with Gasteiger partial charge in [0.1, 0.15) is 21.3 Å². The molecule has 0 radical (unpaired) electrons. The topological polar surface area (TPSA) is 56.0 Å². The summed E-state index contributed by atoms with van der Waals surface area (Å²) in [6.07, 6.45) is 0. The zero-order valence-electron chi connectivity index (χ0n) is 11.9. The summed E-state index contributed by atoms with van der Waals surface area (Å²) in [5.41, 5.74) is 7.88. The summed E-state index contributed by atoms with van der Waals surface area (Å²) in [4.78, 5) is 17.7. The molecule has 0 aliphatic rings. The van der Waals surface area contributed by atoms with Crippen molar-refractivity contribution >= 4 is 33.0 Å². The van der Waals surface area contributed by atoms with E-state index < -0.39 is 17.4 Å². The van der Waals surface area contributed by atoms with Gasteiger partial charge in [0, 0.05) is 17.1 Å². The molecule has 3 rings (SSSR count). The first-order valence-electron chi connectivity index (χ1n) is 6.54. The summed E-state index contributed by atoms with van der Waals surface area (Å²) < 4.78 is 26.8. The molecule has 2 aromatic heterocycles. The van der Waals surface area contributed by atoms with Crippen LogP contribution < -0.4 is 5.73 Å². The van der Waals surface area contributed by atoms with Crippen LogP contribution >= 0.6 is 11.3 Å². The number of nitrogen functional groups attached to an aromatic ring is 1.